The number of amides is 1. The van der Waals surface area contributed by atoms with Gasteiger partial charge >= 0.3 is 11.1 Å². The number of fused-ring (bicyclic) bond motifs is 2. The van der Waals surface area contributed by atoms with Crippen molar-refractivity contribution in [2.75, 3.05) is 5.75 Å². The second-order valence-corrected chi connectivity index (χ2v) is 10.3. The predicted octanol–water partition coefficient (Wildman–Crippen LogP) is 1.59. The Bertz CT molecular complexity index is 1440. The van der Waals surface area contributed by atoms with E-state index in [-0.39, 0.29) is 29.0 Å². The van der Waals surface area contributed by atoms with Crippen LogP contribution in [0.4, 0.5) is 0 Å². The van der Waals surface area contributed by atoms with Gasteiger partial charge in [0.25, 0.3) is 0 Å². The Kier molecular flexibility index (Phi) is 5.77. The van der Waals surface area contributed by atoms with Crippen molar-refractivity contribution in [2.24, 2.45) is 14.1 Å². The molecule has 1 amide bonds. The minimum atomic E-state index is -3.76. The number of hydrogen-bond donors (Lipinski definition) is 1. The van der Waals surface area contributed by atoms with Crippen molar-refractivity contribution >= 4 is 26.8 Å². The molecule has 4 rings (SSSR count). The summed E-state index contributed by atoms with van der Waals surface area (Å²) in [6, 6.07) is 12.2. The van der Waals surface area contributed by atoms with Crippen LogP contribution in [0, 0.1) is 0 Å². The Balaban J connectivity index is 1.52. The lowest BCUT2D eigenvalue weighted by molar-refractivity contribution is -0.121. The van der Waals surface area contributed by atoms with Crippen molar-refractivity contribution in [1.29, 1.82) is 0 Å². The molecule has 1 N–H and O–H groups in total. The first kappa shape index (κ1) is 22.0. The fourth-order valence-corrected chi connectivity index (χ4v) is 5.53. The van der Waals surface area contributed by atoms with Crippen molar-refractivity contribution in [2.45, 2.75) is 36.6 Å². The number of carbonyl (C=O) groups excluding carboxylic acids is 1. The normalized spacial score (nSPS) is 16.0. The molecule has 0 radical (unpaired) electrons. The maximum Gasteiger partial charge on any atom is 0.316 e. The smallest absolute Gasteiger partial charge is 0.316 e. The minimum Gasteiger partial charge on any atom is -0.349 e. The lowest BCUT2D eigenvalue weighted by atomic mass is 9.88. The van der Waals surface area contributed by atoms with Gasteiger partial charge in [-0.3, -0.25) is 14.4 Å². The molecular formula is C23H25N3O5S. The van der Waals surface area contributed by atoms with Crippen molar-refractivity contribution in [3.63, 3.8) is 0 Å². The summed E-state index contributed by atoms with van der Waals surface area (Å²) < 4.78 is 28.1. The molecule has 9 heteroatoms. The van der Waals surface area contributed by atoms with E-state index in [1.807, 2.05) is 18.2 Å². The summed E-state index contributed by atoms with van der Waals surface area (Å²) >= 11 is 0. The molecule has 1 aliphatic rings. The van der Waals surface area contributed by atoms with E-state index in [9.17, 15) is 22.8 Å². The van der Waals surface area contributed by atoms with Gasteiger partial charge in [0.2, 0.25) is 5.91 Å². The van der Waals surface area contributed by atoms with Crippen LogP contribution in [0.15, 0.2) is 56.9 Å². The summed E-state index contributed by atoms with van der Waals surface area (Å²) in [7, 11) is -0.870. The highest BCUT2D eigenvalue weighted by Crippen LogP contribution is 2.29. The highest BCUT2D eigenvalue weighted by Gasteiger charge is 2.23. The van der Waals surface area contributed by atoms with Crippen LogP contribution in [0.5, 0.6) is 0 Å². The second-order valence-electron chi connectivity index (χ2n) is 8.16. The van der Waals surface area contributed by atoms with E-state index in [0.717, 1.165) is 29.4 Å². The number of nitrogens with zero attached hydrogens (tertiary/aromatic N) is 2. The molecule has 0 bridgehead atoms. The zero-order valence-electron chi connectivity index (χ0n) is 18.0. The van der Waals surface area contributed by atoms with Crippen molar-refractivity contribution < 1.29 is 13.2 Å². The number of nitrogens with one attached hydrogen (secondary N) is 1. The Morgan fingerprint density at radius 3 is 2.47 bits per heavy atom. The molecule has 0 saturated carbocycles. The van der Waals surface area contributed by atoms with Gasteiger partial charge in [0.15, 0.2) is 9.84 Å². The molecule has 0 saturated heterocycles. The molecule has 2 aromatic carbocycles. The average Bonchev–Trinajstić information content (AvgIpc) is 2.80. The molecule has 8 nitrogen and oxygen atoms in total. The van der Waals surface area contributed by atoms with E-state index in [1.165, 1.54) is 42.4 Å². The standard InChI is InChI=1S/C23H25N3O5S/c1-25-19-11-10-16(14-20(19)26(2)23(29)22(25)28)32(30,31)13-12-21(27)24-18-9-5-7-15-6-3-4-8-17(15)18/h3-4,6,8,10-11,14,18H,5,7,9,12-13H2,1-2H3,(H,24,27). The molecule has 168 valence electrons. The minimum absolute atomic E-state index is 0.00876. The van der Waals surface area contributed by atoms with E-state index in [2.05, 4.69) is 11.4 Å². The number of carbonyl (C=O) groups is 1. The Labute approximate surface area is 185 Å². The summed E-state index contributed by atoms with van der Waals surface area (Å²) in [5.74, 6) is -0.663. The summed E-state index contributed by atoms with van der Waals surface area (Å²) in [5.41, 5.74) is 1.67. The second kappa shape index (κ2) is 8.38. The number of aromatic nitrogens is 2. The van der Waals surface area contributed by atoms with Gasteiger partial charge in [-0.25, -0.2) is 8.42 Å². The molecule has 0 spiro atoms. The molecule has 1 heterocycles. The lowest BCUT2D eigenvalue weighted by Crippen LogP contribution is -2.39. The number of sulfone groups is 1. The molecular weight excluding hydrogens is 430 g/mol. The highest BCUT2D eigenvalue weighted by atomic mass is 32.2. The van der Waals surface area contributed by atoms with Gasteiger partial charge in [-0.15, -0.1) is 0 Å². The van der Waals surface area contributed by atoms with E-state index in [4.69, 9.17) is 0 Å². The summed E-state index contributed by atoms with van der Waals surface area (Å²) in [6.07, 6.45) is 2.61. The van der Waals surface area contributed by atoms with Gasteiger partial charge in [0.1, 0.15) is 0 Å². The quantitative estimate of drug-likeness (QED) is 0.588. The fraction of sp³-hybridized carbons (Fsp3) is 0.348. The average molecular weight is 456 g/mol. The topological polar surface area (TPSA) is 107 Å². The van der Waals surface area contributed by atoms with Gasteiger partial charge in [0, 0.05) is 20.5 Å². The Morgan fingerprint density at radius 1 is 1.03 bits per heavy atom. The zero-order valence-corrected chi connectivity index (χ0v) is 18.8. The van der Waals surface area contributed by atoms with Crippen molar-refractivity contribution in [3.8, 4) is 0 Å². The van der Waals surface area contributed by atoms with Gasteiger partial charge < -0.3 is 14.5 Å². The van der Waals surface area contributed by atoms with Crippen LogP contribution in [-0.2, 0) is 35.1 Å². The molecule has 3 aromatic rings. The number of aryl methyl sites for hydroxylation is 3. The third kappa shape index (κ3) is 4.00. The van der Waals surface area contributed by atoms with Gasteiger partial charge in [-0.2, -0.15) is 0 Å². The highest BCUT2D eigenvalue weighted by molar-refractivity contribution is 7.91. The first-order valence-corrected chi connectivity index (χ1v) is 12.1. The third-order valence-electron chi connectivity index (χ3n) is 6.12. The van der Waals surface area contributed by atoms with Crippen LogP contribution in [0.2, 0.25) is 0 Å². The Morgan fingerprint density at radius 2 is 1.72 bits per heavy atom. The molecule has 1 aliphatic carbocycles. The predicted molar refractivity (Wildman–Crippen MR) is 121 cm³/mol. The monoisotopic (exact) mass is 455 g/mol. The summed E-state index contributed by atoms with van der Waals surface area (Å²) in [5, 5.41) is 2.97. The van der Waals surface area contributed by atoms with E-state index >= 15 is 0 Å². The maximum absolute atomic E-state index is 12.9. The molecule has 1 atom stereocenters. The third-order valence-corrected chi connectivity index (χ3v) is 7.84. The number of hydrogen-bond acceptors (Lipinski definition) is 5. The number of benzene rings is 2. The van der Waals surface area contributed by atoms with Crippen LogP contribution in [0.25, 0.3) is 11.0 Å². The molecule has 1 unspecified atom stereocenters. The zero-order chi connectivity index (χ0) is 23.0. The molecule has 0 fully saturated rings. The summed E-state index contributed by atoms with van der Waals surface area (Å²) in [6.45, 7) is 0. The maximum atomic E-state index is 12.9. The van der Waals surface area contributed by atoms with E-state index in [0.29, 0.717) is 11.0 Å². The largest absolute Gasteiger partial charge is 0.349 e. The van der Waals surface area contributed by atoms with Crippen LogP contribution >= 0.6 is 0 Å². The lowest BCUT2D eigenvalue weighted by Gasteiger charge is -2.26. The van der Waals surface area contributed by atoms with E-state index < -0.39 is 21.0 Å². The fourth-order valence-electron chi connectivity index (χ4n) is 4.27. The SMILES string of the molecule is Cn1c(=O)c(=O)n(C)c2cc(S(=O)(=O)CCC(=O)NC3CCCc4ccccc43)ccc21. The van der Waals surface area contributed by atoms with Crippen molar-refractivity contribution in [1.82, 2.24) is 14.5 Å². The van der Waals surface area contributed by atoms with Crippen molar-refractivity contribution in [3.05, 3.63) is 74.3 Å². The van der Waals surface area contributed by atoms with Crippen LogP contribution in [-0.4, -0.2) is 29.2 Å². The van der Waals surface area contributed by atoms with Gasteiger partial charge in [0.05, 0.1) is 27.7 Å². The van der Waals surface area contributed by atoms with Gasteiger partial charge in [-0.05, 0) is 48.6 Å². The summed E-state index contributed by atoms with van der Waals surface area (Å²) in [4.78, 5) is 36.6. The van der Waals surface area contributed by atoms with Crippen LogP contribution in [0.1, 0.15) is 36.4 Å². The Hall–Kier alpha value is -3.20. The van der Waals surface area contributed by atoms with Gasteiger partial charge in [-0.1, -0.05) is 24.3 Å². The first-order chi connectivity index (χ1) is 15.2. The number of rotatable bonds is 5. The molecule has 0 aliphatic heterocycles. The first-order valence-electron chi connectivity index (χ1n) is 10.5. The molecule has 32 heavy (non-hydrogen) atoms. The van der Waals surface area contributed by atoms with E-state index in [1.54, 1.807) is 0 Å². The van der Waals surface area contributed by atoms with Crippen LogP contribution in [0.3, 0.4) is 0 Å². The molecule has 1 aromatic heterocycles. The van der Waals surface area contributed by atoms with Crippen LogP contribution < -0.4 is 16.4 Å².